The number of urea groups is 1. The summed E-state index contributed by atoms with van der Waals surface area (Å²) in [6.07, 6.45) is 0. The molecule has 3 amide bonds. The first-order valence-electron chi connectivity index (χ1n) is 11.9. The molecule has 9 nitrogen and oxygen atoms in total. The molecule has 1 unspecified atom stereocenters. The van der Waals surface area contributed by atoms with Crippen LogP contribution in [0.15, 0.2) is 23.2 Å². The van der Waals surface area contributed by atoms with E-state index in [0.29, 0.717) is 5.84 Å². The predicted molar refractivity (Wildman–Crippen MR) is 127 cm³/mol. The van der Waals surface area contributed by atoms with Gasteiger partial charge in [0.05, 0.1) is 26.3 Å². The van der Waals surface area contributed by atoms with Gasteiger partial charge in [0.15, 0.2) is 0 Å². The minimum absolute atomic E-state index is 0.222. The van der Waals surface area contributed by atoms with Crippen molar-refractivity contribution < 1.29 is 18.9 Å². The Balaban J connectivity index is 1.46. The molecule has 4 heterocycles. The lowest BCUT2D eigenvalue weighted by Crippen LogP contribution is -2.57. The number of aliphatic imine (C=N–C) groups is 1. The van der Waals surface area contributed by atoms with Crippen LogP contribution in [-0.4, -0.2) is 76.9 Å². The van der Waals surface area contributed by atoms with Crippen LogP contribution < -0.4 is 4.57 Å². The number of nitrogens with zero attached hydrogens (tertiary/aromatic N) is 6. The molecule has 0 aliphatic carbocycles. The van der Waals surface area contributed by atoms with Crippen LogP contribution in [0.3, 0.4) is 0 Å². The maximum absolute atomic E-state index is 13.7. The summed E-state index contributed by atoms with van der Waals surface area (Å²) in [5.41, 5.74) is 5.25. The minimum atomic E-state index is -0.619. The van der Waals surface area contributed by atoms with E-state index in [1.54, 1.807) is 7.05 Å². The minimum Gasteiger partial charge on any atom is -0.379 e. The van der Waals surface area contributed by atoms with Crippen LogP contribution in [0.2, 0.25) is 0 Å². The number of aryl methyl sites for hydroxylation is 2. The van der Waals surface area contributed by atoms with Gasteiger partial charge in [-0.15, -0.1) is 0 Å². The van der Waals surface area contributed by atoms with Gasteiger partial charge >= 0.3 is 12.0 Å². The molecule has 3 aliphatic rings. The number of ether oxygens (including phenoxy) is 1. The third-order valence-electron chi connectivity index (χ3n) is 7.40. The first-order chi connectivity index (χ1) is 16.3. The summed E-state index contributed by atoms with van der Waals surface area (Å²) >= 11 is 0. The van der Waals surface area contributed by atoms with E-state index >= 15 is 0 Å². The Hall–Kier alpha value is -3.04. The average Bonchev–Trinajstić information content (AvgIpc) is 3.32. The number of carbonyl (C=O) groups is 2. The Kier molecular flexibility index (Phi) is 5.77. The number of hydrogen-bond acceptors (Lipinski definition) is 5. The molecule has 2 saturated heterocycles. The molecule has 0 N–H and O–H groups in total. The van der Waals surface area contributed by atoms with Crippen molar-refractivity contribution in [2.45, 2.75) is 46.8 Å². The lowest BCUT2D eigenvalue weighted by molar-refractivity contribution is -0.688. The van der Waals surface area contributed by atoms with Crippen LogP contribution in [0.1, 0.15) is 34.1 Å². The zero-order chi connectivity index (χ0) is 24.1. The lowest BCUT2D eigenvalue weighted by Gasteiger charge is -2.33. The number of imide groups is 1. The van der Waals surface area contributed by atoms with Crippen molar-refractivity contribution >= 4 is 23.7 Å². The van der Waals surface area contributed by atoms with Crippen LogP contribution >= 0.6 is 0 Å². The molecule has 34 heavy (non-hydrogen) atoms. The van der Waals surface area contributed by atoms with Crippen molar-refractivity contribution in [3.8, 4) is 0 Å². The van der Waals surface area contributed by atoms with Crippen molar-refractivity contribution in [2.24, 2.45) is 4.99 Å². The van der Waals surface area contributed by atoms with Crippen LogP contribution in [0.25, 0.3) is 0 Å². The molecule has 2 aromatic rings. The molecule has 3 aliphatic heterocycles. The van der Waals surface area contributed by atoms with E-state index < -0.39 is 6.04 Å². The highest BCUT2D eigenvalue weighted by molar-refractivity contribution is 6.20. The Bertz CT molecular complexity index is 1190. The molecule has 2 fully saturated rings. The number of hydrogen-bond donors (Lipinski definition) is 0. The highest BCUT2D eigenvalue weighted by atomic mass is 16.5. The van der Waals surface area contributed by atoms with Crippen molar-refractivity contribution in [1.29, 1.82) is 0 Å². The largest absolute Gasteiger partial charge is 0.402 e. The Morgan fingerprint density at radius 2 is 1.85 bits per heavy atom. The summed E-state index contributed by atoms with van der Waals surface area (Å²) < 4.78 is 9.65. The maximum Gasteiger partial charge on any atom is 0.402 e. The maximum atomic E-state index is 13.7. The van der Waals surface area contributed by atoms with E-state index in [1.165, 1.54) is 9.80 Å². The molecule has 5 rings (SSSR count). The van der Waals surface area contributed by atoms with Crippen molar-refractivity contribution in [3.63, 3.8) is 0 Å². The second-order valence-corrected chi connectivity index (χ2v) is 9.51. The summed E-state index contributed by atoms with van der Waals surface area (Å²) in [6, 6.07) is 5.17. The van der Waals surface area contributed by atoms with Gasteiger partial charge in [0.25, 0.3) is 5.91 Å². The monoisotopic (exact) mass is 465 g/mol. The van der Waals surface area contributed by atoms with Gasteiger partial charge < -0.3 is 4.74 Å². The molecule has 0 saturated carbocycles. The highest BCUT2D eigenvalue weighted by Crippen LogP contribution is 2.35. The molecule has 0 radical (unpaired) electrons. The Morgan fingerprint density at radius 1 is 1.12 bits per heavy atom. The van der Waals surface area contributed by atoms with E-state index in [9.17, 15) is 9.59 Å². The zero-order valence-corrected chi connectivity index (χ0v) is 20.7. The zero-order valence-electron chi connectivity index (χ0n) is 20.7. The van der Waals surface area contributed by atoms with Gasteiger partial charge in [-0.2, -0.15) is 0 Å². The number of rotatable bonds is 5. The normalized spacial score (nSPS) is 20.6. The second kappa shape index (κ2) is 8.63. The summed E-state index contributed by atoms with van der Waals surface area (Å²) in [7, 11) is 1.71. The molecular weight excluding hydrogens is 432 g/mol. The predicted octanol–water partition coefficient (Wildman–Crippen LogP) is 2.02. The first-order valence-corrected chi connectivity index (χ1v) is 11.9. The van der Waals surface area contributed by atoms with E-state index in [4.69, 9.17) is 9.73 Å². The summed E-state index contributed by atoms with van der Waals surface area (Å²) in [5.74, 6) is 1.02. The lowest BCUT2D eigenvalue weighted by atomic mass is 10.0. The molecule has 1 atom stereocenters. The van der Waals surface area contributed by atoms with Gasteiger partial charge in [-0.25, -0.2) is 13.9 Å². The number of benzene rings is 1. The quantitative estimate of drug-likeness (QED) is 0.634. The number of carbonyl (C=O) groups excluding carboxylic acids is 2. The molecular formula is C25H33N6O3+. The van der Waals surface area contributed by atoms with Gasteiger partial charge in [0.1, 0.15) is 11.4 Å². The van der Waals surface area contributed by atoms with Crippen LogP contribution in [-0.2, 0) is 22.6 Å². The molecule has 0 bridgehead atoms. The molecule has 180 valence electrons. The highest BCUT2D eigenvalue weighted by Gasteiger charge is 2.54. The standard InChI is InChI=1S/C25H33N6O3/c1-16-6-7-17(2)20(14-16)15-30-23(32)21-22(27(5)25(30)33)26-24-29(18(3)19(4)31(21)24)9-8-28-10-12-34-13-11-28/h6-7,14,21H,8-13,15H2,1-5H3/q+1. The number of fused-ring (bicyclic) bond motifs is 3. The van der Waals surface area contributed by atoms with E-state index in [-0.39, 0.29) is 18.5 Å². The molecule has 1 aromatic carbocycles. The fourth-order valence-corrected chi connectivity index (χ4v) is 5.12. The van der Waals surface area contributed by atoms with E-state index in [2.05, 4.69) is 16.4 Å². The summed E-state index contributed by atoms with van der Waals surface area (Å²) in [5, 5.41) is 0. The number of imidazole rings is 1. The van der Waals surface area contributed by atoms with Gasteiger partial charge in [0, 0.05) is 26.7 Å². The SMILES string of the molecule is Cc1ccc(C)c(CN2C(=O)C3C(=Nc4n3c(C)c(C)[n+]4CCN3CCOCC3)N(C)C2=O)c1. The van der Waals surface area contributed by atoms with Gasteiger partial charge in [-0.3, -0.25) is 19.5 Å². The Morgan fingerprint density at radius 3 is 2.59 bits per heavy atom. The fourth-order valence-electron chi connectivity index (χ4n) is 5.12. The van der Waals surface area contributed by atoms with Gasteiger partial charge in [-0.05, 0) is 38.8 Å². The number of amides is 3. The summed E-state index contributed by atoms with van der Waals surface area (Å²) in [6.45, 7) is 13.4. The second-order valence-electron chi connectivity index (χ2n) is 9.51. The number of likely N-dealkylation sites (N-methyl/N-ethyl adjacent to an activating group) is 1. The topological polar surface area (TPSA) is 74.3 Å². The third-order valence-corrected chi connectivity index (χ3v) is 7.40. The molecule has 9 heteroatoms. The molecule has 0 spiro atoms. The fraction of sp³-hybridized carbons (Fsp3) is 0.520. The van der Waals surface area contributed by atoms with Crippen LogP contribution in [0.4, 0.5) is 10.7 Å². The average molecular weight is 466 g/mol. The Labute approximate surface area is 200 Å². The first kappa shape index (κ1) is 22.7. The van der Waals surface area contributed by atoms with Crippen molar-refractivity contribution in [3.05, 3.63) is 46.3 Å². The number of aromatic nitrogens is 2. The van der Waals surface area contributed by atoms with Crippen LogP contribution in [0, 0.1) is 27.7 Å². The summed E-state index contributed by atoms with van der Waals surface area (Å²) in [4.78, 5) is 37.1. The van der Waals surface area contributed by atoms with Gasteiger partial charge in [-0.1, -0.05) is 28.8 Å². The smallest absolute Gasteiger partial charge is 0.379 e. The number of morpholine rings is 1. The number of amidine groups is 1. The van der Waals surface area contributed by atoms with E-state index in [0.717, 1.165) is 73.4 Å². The third kappa shape index (κ3) is 3.63. The molecule has 1 aromatic heterocycles. The van der Waals surface area contributed by atoms with Crippen molar-refractivity contribution in [2.75, 3.05) is 39.9 Å². The van der Waals surface area contributed by atoms with Gasteiger partial charge in [0.2, 0.25) is 11.9 Å². The van der Waals surface area contributed by atoms with E-state index in [1.807, 2.05) is 43.5 Å². The van der Waals surface area contributed by atoms with Crippen molar-refractivity contribution in [1.82, 2.24) is 19.3 Å². The van der Waals surface area contributed by atoms with Crippen LogP contribution in [0.5, 0.6) is 0 Å².